The molecule has 0 bridgehead atoms. The lowest BCUT2D eigenvalue weighted by atomic mass is 10.1. The molecule has 2 aromatic heterocycles. The number of amides is 3. The Balaban J connectivity index is 1.80. The van der Waals surface area contributed by atoms with Gasteiger partial charge in [0.15, 0.2) is 0 Å². The van der Waals surface area contributed by atoms with Crippen molar-refractivity contribution in [2.75, 3.05) is 11.9 Å². The van der Waals surface area contributed by atoms with Gasteiger partial charge in [0.05, 0.1) is 19.4 Å². The molecule has 7 heteroatoms. The Kier molecular flexibility index (Phi) is 7.98. The largest absolute Gasteiger partial charge is 0.467 e. The van der Waals surface area contributed by atoms with Crippen LogP contribution >= 0.6 is 0 Å². The molecular weight excluding hydrogens is 416 g/mol. The molecule has 2 heterocycles. The van der Waals surface area contributed by atoms with Crippen LogP contribution in [0.15, 0.2) is 59.3 Å². The maximum atomic E-state index is 13.5. The summed E-state index contributed by atoms with van der Waals surface area (Å²) in [6.07, 6.45) is 4.29. The van der Waals surface area contributed by atoms with Crippen LogP contribution in [0.1, 0.15) is 42.8 Å². The second kappa shape index (κ2) is 10.9. The highest BCUT2D eigenvalue weighted by Crippen LogP contribution is 2.21. The molecule has 176 valence electrons. The standard InChI is InChI=1S/C26H34N4O3/c1-6-21(4)30(26(32)27-25-19(2)10-7-11-20(25)3)18-24(31)29(17-23-13-9-15-33-23)16-22-12-8-14-28(22)5/h7-15,21H,6,16-18H2,1-5H3,(H,27,32). The number of aromatic nitrogens is 1. The van der Waals surface area contributed by atoms with Gasteiger partial charge >= 0.3 is 6.03 Å². The number of furan rings is 1. The normalized spacial score (nSPS) is 11.8. The van der Waals surface area contributed by atoms with Gasteiger partial charge in [-0.1, -0.05) is 25.1 Å². The molecule has 3 aromatic rings. The van der Waals surface area contributed by atoms with Crippen molar-refractivity contribution in [2.45, 2.75) is 53.2 Å². The summed E-state index contributed by atoms with van der Waals surface area (Å²) in [5, 5.41) is 3.03. The zero-order valence-corrected chi connectivity index (χ0v) is 20.2. The summed E-state index contributed by atoms with van der Waals surface area (Å²) in [5.74, 6) is 0.567. The Labute approximate surface area is 196 Å². The number of nitrogens with one attached hydrogen (secondary N) is 1. The molecule has 1 aromatic carbocycles. The van der Waals surface area contributed by atoms with Crippen LogP contribution in [0, 0.1) is 13.8 Å². The van der Waals surface area contributed by atoms with Gasteiger partial charge in [-0.3, -0.25) is 4.79 Å². The zero-order valence-electron chi connectivity index (χ0n) is 20.2. The summed E-state index contributed by atoms with van der Waals surface area (Å²) in [6.45, 7) is 8.65. The Morgan fingerprint density at radius 3 is 2.36 bits per heavy atom. The van der Waals surface area contributed by atoms with E-state index in [2.05, 4.69) is 5.32 Å². The van der Waals surface area contributed by atoms with Crippen molar-refractivity contribution in [3.05, 3.63) is 77.5 Å². The summed E-state index contributed by atoms with van der Waals surface area (Å²) in [6, 6.07) is 13.1. The topological polar surface area (TPSA) is 70.7 Å². The lowest BCUT2D eigenvalue weighted by Gasteiger charge is -2.31. The molecule has 3 rings (SSSR count). The molecule has 0 saturated carbocycles. The van der Waals surface area contributed by atoms with E-state index >= 15 is 0 Å². The van der Waals surface area contributed by atoms with Gasteiger partial charge < -0.3 is 24.1 Å². The molecule has 1 N–H and O–H groups in total. The maximum absolute atomic E-state index is 13.5. The van der Waals surface area contributed by atoms with Crippen molar-refractivity contribution in [2.24, 2.45) is 7.05 Å². The van der Waals surface area contributed by atoms with Gasteiger partial charge in [-0.15, -0.1) is 0 Å². The number of nitrogens with zero attached hydrogens (tertiary/aromatic N) is 3. The van der Waals surface area contributed by atoms with Gasteiger partial charge in [0.2, 0.25) is 5.91 Å². The van der Waals surface area contributed by atoms with Gasteiger partial charge in [0.1, 0.15) is 12.3 Å². The van der Waals surface area contributed by atoms with Crippen molar-refractivity contribution < 1.29 is 14.0 Å². The second-order valence-electron chi connectivity index (χ2n) is 8.52. The number of carbonyl (C=O) groups excluding carboxylic acids is 2. The van der Waals surface area contributed by atoms with Crippen LogP contribution in [-0.2, 0) is 24.9 Å². The molecule has 0 aliphatic carbocycles. The Morgan fingerprint density at radius 1 is 1.06 bits per heavy atom. The number of rotatable bonds is 9. The van der Waals surface area contributed by atoms with Crippen molar-refractivity contribution in [3.63, 3.8) is 0 Å². The average Bonchev–Trinajstić information content (AvgIpc) is 3.45. The lowest BCUT2D eigenvalue weighted by Crippen LogP contribution is -2.48. The third-order valence-corrected chi connectivity index (χ3v) is 6.09. The van der Waals surface area contributed by atoms with E-state index in [1.165, 1.54) is 0 Å². The zero-order chi connectivity index (χ0) is 24.0. The van der Waals surface area contributed by atoms with Gasteiger partial charge in [0.25, 0.3) is 0 Å². The summed E-state index contributed by atoms with van der Waals surface area (Å²) < 4.78 is 7.49. The molecule has 7 nitrogen and oxygen atoms in total. The molecule has 0 saturated heterocycles. The minimum atomic E-state index is -0.271. The fraction of sp³-hybridized carbons (Fsp3) is 0.385. The number of aryl methyl sites for hydroxylation is 3. The van der Waals surface area contributed by atoms with E-state index in [0.717, 1.165) is 28.9 Å². The fourth-order valence-corrected chi connectivity index (χ4v) is 3.76. The van der Waals surface area contributed by atoms with Crippen LogP contribution in [0.4, 0.5) is 10.5 Å². The first-order valence-corrected chi connectivity index (χ1v) is 11.3. The first-order chi connectivity index (χ1) is 15.8. The summed E-state index contributed by atoms with van der Waals surface area (Å²) >= 11 is 0. The van der Waals surface area contributed by atoms with Crippen LogP contribution in [-0.4, -0.2) is 38.9 Å². The van der Waals surface area contributed by atoms with E-state index in [4.69, 9.17) is 4.42 Å². The van der Waals surface area contributed by atoms with E-state index < -0.39 is 0 Å². The molecule has 0 spiro atoms. The quantitative estimate of drug-likeness (QED) is 0.493. The summed E-state index contributed by atoms with van der Waals surface area (Å²) in [4.78, 5) is 30.1. The minimum absolute atomic E-state index is 0.0170. The molecule has 0 radical (unpaired) electrons. The first-order valence-electron chi connectivity index (χ1n) is 11.3. The number of anilines is 1. The molecule has 33 heavy (non-hydrogen) atoms. The van der Waals surface area contributed by atoms with Gasteiger partial charge in [-0.05, 0) is 62.6 Å². The number of hydrogen-bond acceptors (Lipinski definition) is 3. The predicted octanol–water partition coefficient (Wildman–Crippen LogP) is 5.10. The molecule has 0 fully saturated rings. The van der Waals surface area contributed by atoms with E-state index in [0.29, 0.717) is 18.8 Å². The average molecular weight is 451 g/mol. The van der Waals surface area contributed by atoms with E-state index in [1.54, 1.807) is 16.1 Å². The monoisotopic (exact) mass is 450 g/mol. The Bertz CT molecular complexity index is 1050. The van der Waals surface area contributed by atoms with Crippen LogP contribution < -0.4 is 5.32 Å². The van der Waals surface area contributed by atoms with Gasteiger partial charge in [0, 0.05) is 30.7 Å². The molecule has 0 aliphatic rings. The molecule has 1 unspecified atom stereocenters. The number of carbonyl (C=O) groups is 2. The number of benzene rings is 1. The highest BCUT2D eigenvalue weighted by atomic mass is 16.3. The van der Waals surface area contributed by atoms with Crippen molar-refractivity contribution >= 4 is 17.6 Å². The van der Waals surface area contributed by atoms with Crippen molar-refractivity contribution in [1.29, 1.82) is 0 Å². The first kappa shape index (κ1) is 24.2. The van der Waals surface area contributed by atoms with E-state index in [1.807, 2.05) is 88.0 Å². The summed E-state index contributed by atoms with van der Waals surface area (Å²) in [5.41, 5.74) is 3.77. The molecule has 3 amide bonds. The summed E-state index contributed by atoms with van der Waals surface area (Å²) in [7, 11) is 1.95. The molecular formula is C26H34N4O3. The molecule has 0 aliphatic heterocycles. The third-order valence-electron chi connectivity index (χ3n) is 6.09. The fourth-order valence-electron chi connectivity index (χ4n) is 3.76. The lowest BCUT2D eigenvalue weighted by molar-refractivity contribution is -0.133. The van der Waals surface area contributed by atoms with Crippen LogP contribution in [0.3, 0.4) is 0 Å². The Hall–Kier alpha value is -3.48. The highest BCUT2D eigenvalue weighted by molar-refractivity contribution is 5.93. The predicted molar refractivity (Wildman–Crippen MR) is 130 cm³/mol. The van der Waals surface area contributed by atoms with Gasteiger partial charge in [-0.25, -0.2) is 4.79 Å². The van der Waals surface area contributed by atoms with E-state index in [9.17, 15) is 9.59 Å². The van der Waals surface area contributed by atoms with Crippen LogP contribution in [0.2, 0.25) is 0 Å². The maximum Gasteiger partial charge on any atom is 0.322 e. The van der Waals surface area contributed by atoms with Crippen LogP contribution in [0.5, 0.6) is 0 Å². The third kappa shape index (κ3) is 6.06. The number of para-hydroxylation sites is 1. The Morgan fingerprint density at radius 2 is 1.79 bits per heavy atom. The van der Waals surface area contributed by atoms with Crippen molar-refractivity contribution in [3.8, 4) is 0 Å². The molecule has 1 atom stereocenters. The number of urea groups is 1. The minimum Gasteiger partial charge on any atom is -0.467 e. The number of hydrogen-bond donors (Lipinski definition) is 1. The second-order valence-corrected chi connectivity index (χ2v) is 8.52. The highest BCUT2D eigenvalue weighted by Gasteiger charge is 2.26. The van der Waals surface area contributed by atoms with E-state index in [-0.39, 0.29) is 24.5 Å². The van der Waals surface area contributed by atoms with Gasteiger partial charge in [-0.2, -0.15) is 0 Å². The smallest absolute Gasteiger partial charge is 0.322 e. The van der Waals surface area contributed by atoms with Crippen molar-refractivity contribution in [1.82, 2.24) is 14.4 Å². The SMILES string of the molecule is CCC(C)N(CC(=O)N(Cc1ccco1)Cc1cccn1C)C(=O)Nc1c(C)cccc1C. The van der Waals surface area contributed by atoms with Crippen LogP contribution in [0.25, 0.3) is 0 Å².